The third-order valence-corrected chi connectivity index (χ3v) is 5.54. The Morgan fingerprint density at radius 3 is 0.617 bits per heavy atom. The van der Waals surface area contributed by atoms with E-state index in [0.717, 1.165) is 0 Å². The van der Waals surface area contributed by atoms with Crippen LogP contribution < -0.4 is 0 Å². The quantitative estimate of drug-likeness (QED) is 0.0349. The van der Waals surface area contributed by atoms with Crippen molar-refractivity contribution in [3.8, 4) is 0 Å². The predicted octanol–water partition coefficient (Wildman–Crippen LogP) is 5.02. The van der Waals surface area contributed by atoms with Gasteiger partial charge in [-0.05, 0) is 48.5 Å². The van der Waals surface area contributed by atoms with Gasteiger partial charge < -0.3 is 47.4 Å². The molecular weight excluding hydrogens is 788 g/mol. The van der Waals surface area contributed by atoms with E-state index in [9.17, 15) is 33.6 Å². The van der Waals surface area contributed by atoms with Gasteiger partial charge in [-0.2, -0.15) is 0 Å². The Bertz CT molecular complexity index is 1390. The second kappa shape index (κ2) is 39.9. The molecule has 0 bridgehead atoms. The lowest BCUT2D eigenvalue weighted by Crippen LogP contribution is -2.15. The Balaban J connectivity index is -0.000000360. The summed E-state index contributed by atoms with van der Waals surface area (Å²) in [6.45, 7) is 41.2. The maximum absolute atomic E-state index is 11.0. The summed E-state index contributed by atoms with van der Waals surface area (Å²) in [5.41, 5.74) is 2.46. The molecule has 0 aromatic carbocycles. The van der Waals surface area contributed by atoms with Crippen molar-refractivity contribution >= 4 is 41.8 Å². The number of ether oxygens (including phenoxy) is 10. The van der Waals surface area contributed by atoms with E-state index in [1.54, 1.807) is 48.5 Å². The Hall–Kier alpha value is -5.91. The van der Waals surface area contributed by atoms with Crippen molar-refractivity contribution in [2.24, 2.45) is 0 Å². The summed E-state index contributed by atoms with van der Waals surface area (Å²) in [6.07, 6.45) is 1.51. The number of carbonyl (C=O) groups is 7. The summed E-state index contributed by atoms with van der Waals surface area (Å²) >= 11 is 0. The van der Waals surface area contributed by atoms with Crippen LogP contribution in [0.1, 0.15) is 48.5 Å². The van der Waals surface area contributed by atoms with Gasteiger partial charge in [0.1, 0.15) is 46.2 Å². The van der Waals surface area contributed by atoms with E-state index >= 15 is 0 Å². The van der Waals surface area contributed by atoms with Crippen LogP contribution in [0.2, 0.25) is 0 Å². The highest BCUT2D eigenvalue weighted by Gasteiger charge is 2.07. The maximum atomic E-state index is 11.0. The second-order valence-corrected chi connectivity index (χ2v) is 12.0. The molecule has 0 aromatic rings. The van der Waals surface area contributed by atoms with Crippen LogP contribution in [0.15, 0.2) is 97.7 Å². The molecule has 0 fully saturated rings. The molecule has 0 aliphatic heterocycles. The fourth-order valence-electron chi connectivity index (χ4n) is 2.46. The molecule has 0 aliphatic carbocycles. The first kappa shape index (κ1) is 60.8. The normalized spacial score (nSPS) is 9.32. The minimum atomic E-state index is -0.489. The molecule has 0 spiro atoms. The van der Waals surface area contributed by atoms with Crippen LogP contribution in [-0.2, 0) is 80.9 Å². The summed E-state index contributed by atoms with van der Waals surface area (Å²) in [5, 5.41) is 0. The summed E-state index contributed by atoms with van der Waals surface area (Å²) in [7, 11) is 0. The summed E-state index contributed by atoms with van der Waals surface area (Å²) in [4.78, 5) is 76.1. The highest BCUT2D eigenvalue weighted by molar-refractivity contribution is 5.89. The van der Waals surface area contributed by atoms with Gasteiger partial charge in [0.25, 0.3) is 0 Å². The standard InChI is InChI=1S/C14H22O6.C12H18O5.C10H14O4.C7H10O2/c1-11(2)13(15)19-9-7-17-5-6-18-8-10-20-14(16)12(3)4;1-9(2)11(13)16-7-5-15-6-8-17-12(14)10(3)4;1-7(2)9(11)13-5-6-14-10(12)8(3)4;1-4-5-9-7(8)6(2)3/h1,3,5-10H2,2,4H3;1,3,5-8H2,2,4H3;1,3,5-6H2,2,4H3;4H,1-2,5H2,3H3. The molecule has 0 aliphatic rings. The minimum absolute atomic E-state index is 0.0325. The molecule has 0 radical (unpaired) electrons. The first-order valence-corrected chi connectivity index (χ1v) is 18.2. The molecule has 0 atom stereocenters. The van der Waals surface area contributed by atoms with E-state index in [1.807, 2.05) is 0 Å². The fourth-order valence-corrected chi connectivity index (χ4v) is 2.46. The highest BCUT2D eigenvalue weighted by atomic mass is 16.6. The van der Waals surface area contributed by atoms with Crippen molar-refractivity contribution in [1.82, 2.24) is 0 Å². The van der Waals surface area contributed by atoms with E-state index in [1.165, 1.54) is 6.08 Å². The average Bonchev–Trinajstić information content (AvgIpc) is 3.18. The first-order chi connectivity index (χ1) is 28.0. The summed E-state index contributed by atoms with van der Waals surface area (Å²) in [6, 6.07) is 0. The van der Waals surface area contributed by atoms with Crippen molar-refractivity contribution in [3.05, 3.63) is 97.7 Å². The van der Waals surface area contributed by atoms with Crippen molar-refractivity contribution in [2.75, 3.05) is 85.9 Å². The highest BCUT2D eigenvalue weighted by Crippen LogP contribution is 1.97. The third kappa shape index (κ3) is 43.2. The molecule has 0 saturated carbocycles. The lowest BCUT2D eigenvalue weighted by atomic mass is 10.4. The van der Waals surface area contributed by atoms with Gasteiger partial charge in [-0.25, -0.2) is 33.6 Å². The number of hydrogen-bond acceptors (Lipinski definition) is 17. The summed E-state index contributed by atoms with van der Waals surface area (Å²) < 4.78 is 48.6. The van der Waals surface area contributed by atoms with E-state index in [2.05, 4.69) is 66.8 Å². The molecule has 0 unspecified atom stereocenters. The lowest BCUT2D eigenvalue weighted by Gasteiger charge is -2.07. The van der Waals surface area contributed by atoms with Crippen molar-refractivity contribution in [2.45, 2.75) is 48.5 Å². The molecular formula is C43H64O17. The molecule has 0 N–H and O–H groups in total. The van der Waals surface area contributed by atoms with Gasteiger partial charge in [-0.15, -0.1) is 0 Å². The first-order valence-electron chi connectivity index (χ1n) is 18.2. The van der Waals surface area contributed by atoms with Crippen LogP contribution in [-0.4, -0.2) is 128 Å². The van der Waals surface area contributed by atoms with Gasteiger partial charge in [0.2, 0.25) is 0 Å². The molecule has 0 saturated heterocycles. The van der Waals surface area contributed by atoms with E-state index in [4.69, 9.17) is 33.2 Å². The molecule has 0 rings (SSSR count). The molecule has 0 heterocycles. The molecule has 0 aromatic heterocycles. The van der Waals surface area contributed by atoms with Gasteiger partial charge in [-0.3, -0.25) is 0 Å². The zero-order chi connectivity index (χ0) is 47.1. The fraction of sp³-hybridized carbons (Fsp3) is 0.465. The lowest BCUT2D eigenvalue weighted by molar-refractivity contribution is -0.147. The minimum Gasteiger partial charge on any atom is -0.460 e. The number of esters is 7. The second-order valence-electron chi connectivity index (χ2n) is 12.0. The van der Waals surface area contributed by atoms with Crippen LogP contribution in [0.4, 0.5) is 0 Å². The van der Waals surface area contributed by atoms with Gasteiger partial charge in [0.05, 0.1) is 39.6 Å². The molecule has 17 nitrogen and oxygen atoms in total. The Kier molecular flexibility index (Phi) is 40.4. The van der Waals surface area contributed by atoms with Crippen LogP contribution in [0, 0.1) is 0 Å². The SMILES string of the molecule is C=C(C)C(=O)OCCOC(=O)C(=C)C.C=C(C)C(=O)OCCOCCOC(=O)C(=C)C.C=C(C)C(=O)OCCOCCOCCOC(=O)C(=C)C.C=CCOC(=O)C(=C)C. The molecule has 17 heteroatoms. The third-order valence-electron chi connectivity index (χ3n) is 5.54. The van der Waals surface area contributed by atoms with E-state index in [0.29, 0.717) is 65.4 Å². The largest absolute Gasteiger partial charge is 0.460 e. The molecule has 60 heavy (non-hydrogen) atoms. The zero-order valence-electron chi connectivity index (χ0n) is 36.4. The summed E-state index contributed by atoms with van der Waals surface area (Å²) in [5.74, 6) is -3.08. The van der Waals surface area contributed by atoms with Crippen LogP contribution >= 0.6 is 0 Å². The van der Waals surface area contributed by atoms with Crippen LogP contribution in [0.25, 0.3) is 0 Å². The zero-order valence-corrected chi connectivity index (χ0v) is 36.4. The number of carbonyl (C=O) groups excluding carboxylic acids is 7. The number of hydrogen-bond donors (Lipinski definition) is 0. The van der Waals surface area contributed by atoms with Gasteiger partial charge >= 0.3 is 41.8 Å². The monoisotopic (exact) mass is 852 g/mol. The molecule has 0 amide bonds. The van der Waals surface area contributed by atoms with Crippen molar-refractivity contribution in [3.63, 3.8) is 0 Å². The Labute approximate surface area is 354 Å². The van der Waals surface area contributed by atoms with Gasteiger partial charge in [-0.1, -0.05) is 58.7 Å². The molecule has 338 valence electrons. The van der Waals surface area contributed by atoms with E-state index < -0.39 is 35.8 Å². The average molecular weight is 853 g/mol. The smallest absolute Gasteiger partial charge is 0.333 e. The maximum Gasteiger partial charge on any atom is 0.333 e. The van der Waals surface area contributed by atoms with Gasteiger partial charge in [0, 0.05) is 39.0 Å². The van der Waals surface area contributed by atoms with E-state index in [-0.39, 0.29) is 65.4 Å². The van der Waals surface area contributed by atoms with Crippen molar-refractivity contribution in [1.29, 1.82) is 0 Å². The van der Waals surface area contributed by atoms with Crippen molar-refractivity contribution < 1.29 is 80.9 Å². The van der Waals surface area contributed by atoms with Crippen LogP contribution in [0.5, 0.6) is 0 Å². The Morgan fingerprint density at radius 1 is 0.300 bits per heavy atom. The topological polar surface area (TPSA) is 212 Å². The Morgan fingerprint density at radius 2 is 0.450 bits per heavy atom. The van der Waals surface area contributed by atoms with Gasteiger partial charge in [0.15, 0.2) is 0 Å². The predicted molar refractivity (Wildman–Crippen MR) is 223 cm³/mol. The number of rotatable bonds is 27. The van der Waals surface area contributed by atoms with Crippen LogP contribution in [0.3, 0.4) is 0 Å².